The van der Waals surface area contributed by atoms with Crippen molar-refractivity contribution in [2.45, 2.75) is 39.3 Å². The fourth-order valence-electron chi connectivity index (χ4n) is 2.75. The van der Waals surface area contributed by atoms with E-state index in [2.05, 4.69) is 71.9 Å². The Morgan fingerprint density at radius 3 is 2.46 bits per heavy atom. The predicted molar refractivity (Wildman–Crippen MR) is 94.8 cm³/mol. The quantitative estimate of drug-likeness (QED) is 0.756. The van der Waals surface area contributed by atoms with E-state index < -0.39 is 0 Å². The molecule has 3 rings (SSSR count). The van der Waals surface area contributed by atoms with Gasteiger partial charge in [0.2, 0.25) is 0 Å². The average molecular weight is 321 g/mol. The lowest BCUT2D eigenvalue weighted by Crippen LogP contribution is -2.41. The third-order valence-corrected chi connectivity index (χ3v) is 4.54. The highest BCUT2D eigenvalue weighted by Gasteiger charge is 2.31. The van der Waals surface area contributed by atoms with E-state index >= 15 is 0 Å². The Kier molecular flexibility index (Phi) is 4.71. The zero-order chi connectivity index (χ0) is 17.0. The van der Waals surface area contributed by atoms with Crippen molar-refractivity contribution in [2.75, 3.05) is 0 Å². The van der Waals surface area contributed by atoms with E-state index in [9.17, 15) is 0 Å². The summed E-state index contributed by atoms with van der Waals surface area (Å²) in [4.78, 5) is 0. The van der Waals surface area contributed by atoms with Crippen molar-refractivity contribution in [3.05, 3.63) is 71.5 Å². The molecule has 0 amide bonds. The summed E-state index contributed by atoms with van der Waals surface area (Å²) in [6, 6.07) is 18.5. The lowest BCUT2D eigenvalue weighted by atomic mass is 9.96. The van der Waals surface area contributed by atoms with Crippen LogP contribution in [0.15, 0.2) is 54.6 Å². The molecule has 0 bridgehead atoms. The number of hydrogen-bond acceptors (Lipinski definition) is 4. The van der Waals surface area contributed by atoms with Crippen LogP contribution in [0.25, 0.3) is 5.69 Å². The van der Waals surface area contributed by atoms with E-state index in [0.29, 0.717) is 0 Å². The number of nitrogens with one attached hydrogen (secondary N) is 1. The summed E-state index contributed by atoms with van der Waals surface area (Å²) in [6.07, 6.45) is 0.881. The van der Waals surface area contributed by atoms with Crippen LogP contribution in [-0.4, -0.2) is 20.2 Å². The van der Waals surface area contributed by atoms with Gasteiger partial charge in [-0.25, -0.2) is 0 Å². The molecular formula is C19H23N5. The summed E-state index contributed by atoms with van der Waals surface area (Å²) in [5, 5.41) is 16.1. The Labute approximate surface area is 142 Å². The van der Waals surface area contributed by atoms with Gasteiger partial charge in [-0.2, -0.15) is 4.68 Å². The molecule has 0 saturated heterocycles. The van der Waals surface area contributed by atoms with Crippen molar-refractivity contribution in [3.63, 3.8) is 0 Å². The highest BCUT2D eigenvalue weighted by atomic mass is 15.6. The summed E-state index contributed by atoms with van der Waals surface area (Å²) in [6.45, 7) is 7.14. The Bertz CT molecular complexity index is 796. The Balaban J connectivity index is 1.91. The van der Waals surface area contributed by atoms with Gasteiger partial charge >= 0.3 is 0 Å². The molecule has 0 radical (unpaired) electrons. The Morgan fingerprint density at radius 2 is 1.75 bits per heavy atom. The van der Waals surface area contributed by atoms with Crippen LogP contribution in [0.3, 0.4) is 0 Å². The molecule has 0 saturated carbocycles. The summed E-state index contributed by atoms with van der Waals surface area (Å²) in [7, 11) is 0. The molecule has 1 heterocycles. The van der Waals surface area contributed by atoms with Crippen LogP contribution in [-0.2, 0) is 12.1 Å². The van der Waals surface area contributed by atoms with Gasteiger partial charge in [0, 0.05) is 6.54 Å². The second kappa shape index (κ2) is 6.93. The number of aryl methyl sites for hydroxylation is 1. The lowest BCUT2D eigenvalue weighted by molar-refractivity contribution is 0.324. The number of aromatic nitrogens is 4. The highest BCUT2D eigenvalue weighted by molar-refractivity contribution is 5.40. The zero-order valence-electron chi connectivity index (χ0n) is 14.4. The van der Waals surface area contributed by atoms with Crippen molar-refractivity contribution >= 4 is 0 Å². The first-order chi connectivity index (χ1) is 11.6. The van der Waals surface area contributed by atoms with Crippen LogP contribution >= 0.6 is 0 Å². The number of hydrogen-bond donors (Lipinski definition) is 1. The molecule has 5 heteroatoms. The summed E-state index contributed by atoms with van der Waals surface area (Å²) < 4.78 is 1.84. The maximum Gasteiger partial charge on any atom is 0.176 e. The first kappa shape index (κ1) is 16.3. The van der Waals surface area contributed by atoms with E-state index in [4.69, 9.17) is 0 Å². The smallest absolute Gasteiger partial charge is 0.176 e. The van der Waals surface area contributed by atoms with Gasteiger partial charge in [-0.05, 0) is 47.9 Å². The number of benzene rings is 2. The Hall–Kier alpha value is -2.53. The molecule has 1 N–H and O–H groups in total. The summed E-state index contributed by atoms with van der Waals surface area (Å²) in [5.74, 6) is 0.829. The summed E-state index contributed by atoms with van der Waals surface area (Å²) in [5.41, 5.74) is 3.08. The molecule has 0 aliphatic rings. The average Bonchev–Trinajstić information content (AvgIpc) is 3.11. The lowest BCUT2D eigenvalue weighted by Gasteiger charge is -2.28. The number of rotatable bonds is 6. The first-order valence-electron chi connectivity index (χ1n) is 8.28. The minimum Gasteiger partial charge on any atom is -0.301 e. The number of para-hydroxylation sites is 1. The third-order valence-electron chi connectivity index (χ3n) is 4.54. The van der Waals surface area contributed by atoms with Crippen LogP contribution in [0.4, 0.5) is 0 Å². The van der Waals surface area contributed by atoms with E-state index in [1.54, 1.807) is 0 Å². The molecule has 124 valence electrons. The first-order valence-corrected chi connectivity index (χ1v) is 8.28. The van der Waals surface area contributed by atoms with Gasteiger partial charge in [-0.1, -0.05) is 55.5 Å². The molecule has 1 atom stereocenters. The van der Waals surface area contributed by atoms with Gasteiger partial charge in [0.15, 0.2) is 5.82 Å². The fourth-order valence-corrected chi connectivity index (χ4v) is 2.75. The van der Waals surface area contributed by atoms with Crippen molar-refractivity contribution in [1.29, 1.82) is 0 Å². The van der Waals surface area contributed by atoms with Crippen molar-refractivity contribution in [1.82, 2.24) is 25.5 Å². The molecule has 0 aliphatic carbocycles. The van der Waals surface area contributed by atoms with Crippen molar-refractivity contribution in [3.8, 4) is 5.69 Å². The molecule has 0 unspecified atom stereocenters. The molecule has 1 aromatic heterocycles. The highest BCUT2D eigenvalue weighted by Crippen LogP contribution is 2.25. The van der Waals surface area contributed by atoms with Gasteiger partial charge < -0.3 is 5.32 Å². The molecule has 3 aromatic rings. The molecule has 0 spiro atoms. The van der Waals surface area contributed by atoms with E-state index in [1.807, 2.05) is 28.9 Å². The second-order valence-corrected chi connectivity index (χ2v) is 6.23. The van der Waals surface area contributed by atoms with Gasteiger partial charge in [-0.15, -0.1) is 5.10 Å². The van der Waals surface area contributed by atoms with Crippen LogP contribution in [0.5, 0.6) is 0 Å². The van der Waals surface area contributed by atoms with Crippen molar-refractivity contribution in [2.24, 2.45) is 0 Å². The van der Waals surface area contributed by atoms with Crippen molar-refractivity contribution < 1.29 is 0 Å². The standard InChI is InChI=1S/C19H23N5/c1-4-19(3,20-14-16-11-6-5-7-12-16)18-21-22-23-24(18)17-13-9-8-10-15(17)2/h5-13,20H,4,14H2,1-3H3/t19-/m1/s1. The van der Waals surface area contributed by atoms with Crippen LogP contribution < -0.4 is 5.32 Å². The number of nitrogens with zero attached hydrogens (tertiary/aromatic N) is 4. The predicted octanol–water partition coefficient (Wildman–Crippen LogP) is 3.39. The second-order valence-electron chi connectivity index (χ2n) is 6.23. The van der Waals surface area contributed by atoms with Crippen LogP contribution in [0.1, 0.15) is 37.2 Å². The van der Waals surface area contributed by atoms with Gasteiger partial charge in [0.05, 0.1) is 11.2 Å². The van der Waals surface area contributed by atoms with Crippen LogP contribution in [0, 0.1) is 6.92 Å². The van der Waals surface area contributed by atoms with Gasteiger partial charge in [0.25, 0.3) is 0 Å². The number of tetrazole rings is 1. The molecular weight excluding hydrogens is 298 g/mol. The van der Waals surface area contributed by atoms with Gasteiger partial charge in [0.1, 0.15) is 0 Å². The molecule has 0 fully saturated rings. The monoisotopic (exact) mass is 321 g/mol. The van der Waals surface area contributed by atoms with E-state index in [0.717, 1.165) is 30.0 Å². The largest absolute Gasteiger partial charge is 0.301 e. The minimum atomic E-state index is -0.318. The van der Waals surface area contributed by atoms with Crippen LogP contribution in [0.2, 0.25) is 0 Å². The maximum absolute atomic E-state index is 4.33. The third kappa shape index (κ3) is 3.21. The van der Waals surface area contributed by atoms with E-state index in [1.165, 1.54) is 5.56 Å². The molecule has 24 heavy (non-hydrogen) atoms. The zero-order valence-corrected chi connectivity index (χ0v) is 14.4. The molecule has 5 nitrogen and oxygen atoms in total. The Morgan fingerprint density at radius 1 is 1.04 bits per heavy atom. The van der Waals surface area contributed by atoms with Gasteiger partial charge in [-0.3, -0.25) is 0 Å². The summed E-state index contributed by atoms with van der Waals surface area (Å²) >= 11 is 0. The maximum atomic E-state index is 4.33. The molecule has 2 aromatic carbocycles. The topological polar surface area (TPSA) is 55.6 Å². The fraction of sp³-hybridized carbons (Fsp3) is 0.316. The minimum absolute atomic E-state index is 0.318. The SMILES string of the molecule is CC[C@@](C)(NCc1ccccc1)c1nnnn1-c1ccccc1C. The normalized spacial score (nSPS) is 13.6. The molecule has 0 aliphatic heterocycles. The van der Waals surface area contributed by atoms with E-state index in [-0.39, 0.29) is 5.54 Å².